The van der Waals surface area contributed by atoms with Crippen LogP contribution in [0.3, 0.4) is 0 Å². The van der Waals surface area contributed by atoms with Gasteiger partial charge in [-0.3, -0.25) is 0 Å². The zero-order chi connectivity index (χ0) is 23.7. The molecule has 0 fully saturated rings. The van der Waals surface area contributed by atoms with E-state index in [9.17, 15) is 0 Å². The third-order valence-electron chi connectivity index (χ3n) is 6.86. The molecule has 0 aliphatic rings. The van der Waals surface area contributed by atoms with E-state index in [1.54, 1.807) is 0 Å². The van der Waals surface area contributed by atoms with E-state index in [1.807, 2.05) is 0 Å². The fraction of sp³-hybridized carbons (Fsp3) is 0.118. The Morgan fingerprint density at radius 2 is 0.757 bits per heavy atom. The van der Waals surface area contributed by atoms with Crippen molar-refractivity contribution in [2.24, 2.45) is 0 Å². The van der Waals surface area contributed by atoms with Crippen LogP contribution in [0.1, 0.15) is 22.3 Å². The molecule has 0 radical (unpaired) electrons. The van der Waals surface area contributed by atoms with Crippen LogP contribution in [0.4, 0.5) is 0 Å². The molecule has 3 heteroatoms. The molecule has 0 aliphatic carbocycles. The van der Waals surface area contributed by atoms with Crippen molar-refractivity contribution >= 4 is 21.5 Å². The maximum absolute atomic E-state index is 2.30. The average molecular weight is 601 g/mol. The molecule has 0 aromatic heterocycles. The van der Waals surface area contributed by atoms with Gasteiger partial charge < -0.3 is 24.8 Å². The van der Waals surface area contributed by atoms with E-state index >= 15 is 0 Å². The Balaban J connectivity index is 0.000000241. The Morgan fingerprint density at radius 3 is 1.08 bits per heavy atom. The van der Waals surface area contributed by atoms with E-state index in [1.165, 1.54) is 66.1 Å². The fourth-order valence-electron chi connectivity index (χ4n) is 4.78. The molecule has 0 bridgehead atoms. The van der Waals surface area contributed by atoms with E-state index in [-0.39, 0.29) is 51.0 Å². The van der Waals surface area contributed by atoms with Crippen LogP contribution in [0, 0.1) is 27.7 Å². The molecule has 0 nitrogen and oxygen atoms in total. The molecule has 6 aromatic rings. The molecule has 0 saturated carbocycles. The van der Waals surface area contributed by atoms with Crippen LogP contribution in [-0.4, -0.2) is 0 Å². The minimum atomic E-state index is 0. The molecule has 0 N–H and O–H groups in total. The van der Waals surface area contributed by atoms with Gasteiger partial charge in [0.2, 0.25) is 0 Å². The second-order valence-electron chi connectivity index (χ2n) is 9.27. The summed E-state index contributed by atoms with van der Waals surface area (Å²) in [6.45, 7) is 8.71. The van der Waals surface area contributed by atoms with Crippen molar-refractivity contribution in [1.29, 1.82) is 0 Å². The monoisotopic (exact) mass is 598 g/mol. The van der Waals surface area contributed by atoms with Crippen molar-refractivity contribution in [3.05, 3.63) is 131 Å². The third kappa shape index (κ3) is 6.53. The maximum atomic E-state index is 2.30. The zero-order valence-corrected chi connectivity index (χ0v) is 25.6. The van der Waals surface area contributed by atoms with Crippen molar-refractivity contribution in [2.45, 2.75) is 27.7 Å². The zero-order valence-electron chi connectivity index (χ0n) is 21.6. The minimum absolute atomic E-state index is 0. The smallest absolute Gasteiger partial charge is 1.00 e. The first kappa shape index (κ1) is 30.8. The van der Waals surface area contributed by atoms with Gasteiger partial charge in [0.1, 0.15) is 0 Å². The summed E-state index contributed by atoms with van der Waals surface area (Å²) in [6, 6.07) is 39.1. The Hall–Kier alpha value is -2.44. The fourth-order valence-corrected chi connectivity index (χ4v) is 4.78. The van der Waals surface area contributed by atoms with Gasteiger partial charge in [-0.15, -0.1) is 68.1 Å². The SMILES string of the molecule is Cc1ccc(C)c2[cH-]c(-c3ccccc3)cc12.Cc1ccc(C)c2[cH-]c(-c3ccccc3)cc12.[Cl-].[Cl-].[Zr+4]. The summed E-state index contributed by atoms with van der Waals surface area (Å²) in [6.07, 6.45) is 0. The first-order valence-corrected chi connectivity index (χ1v) is 12.0. The molecule has 0 unspecified atom stereocenters. The van der Waals surface area contributed by atoms with E-state index in [0.29, 0.717) is 0 Å². The minimum Gasteiger partial charge on any atom is -1.00 e. The third-order valence-corrected chi connectivity index (χ3v) is 6.86. The van der Waals surface area contributed by atoms with E-state index in [2.05, 4.69) is 137 Å². The van der Waals surface area contributed by atoms with Crippen LogP contribution in [-0.2, 0) is 26.2 Å². The van der Waals surface area contributed by atoms with Gasteiger partial charge in [0.05, 0.1) is 0 Å². The van der Waals surface area contributed by atoms with Gasteiger partial charge in [-0.25, -0.2) is 0 Å². The Labute approximate surface area is 252 Å². The standard InChI is InChI=1S/2C17H15.2ClH.Zr/c2*1-12-8-9-13(2)17-11-15(10-16(12)17)14-6-4-3-5-7-14;;;/h2*3-11H,1-2H3;2*1H;/q2*-1;;;+4/p-2. The molecule has 0 spiro atoms. The Morgan fingerprint density at radius 1 is 0.432 bits per heavy atom. The van der Waals surface area contributed by atoms with Gasteiger partial charge >= 0.3 is 26.2 Å². The molecule has 184 valence electrons. The van der Waals surface area contributed by atoms with Gasteiger partial charge in [0.25, 0.3) is 0 Å². The molecule has 0 aliphatic heterocycles. The maximum Gasteiger partial charge on any atom is 4.00 e. The Bertz CT molecular complexity index is 1380. The Kier molecular flexibility index (Phi) is 11.1. The van der Waals surface area contributed by atoms with E-state index in [4.69, 9.17) is 0 Å². The summed E-state index contributed by atoms with van der Waals surface area (Å²) >= 11 is 0. The molecule has 0 heterocycles. The topological polar surface area (TPSA) is 0 Å². The van der Waals surface area contributed by atoms with Gasteiger partial charge in [-0.05, 0) is 13.8 Å². The second kappa shape index (κ2) is 13.4. The van der Waals surface area contributed by atoms with Crippen LogP contribution in [0.15, 0.2) is 109 Å². The molecule has 0 amide bonds. The summed E-state index contributed by atoms with van der Waals surface area (Å²) in [5.41, 5.74) is 10.6. The molecule has 37 heavy (non-hydrogen) atoms. The number of hydrogen-bond donors (Lipinski definition) is 0. The molecule has 6 aromatic carbocycles. The largest absolute Gasteiger partial charge is 4.00 e. The molecular formula is C34H30Cl2Zr. The van der Waals surface area contributed by atoms with Crippen LogP contribution < -0.4 is 24.8 Å². The van der Waals surface area contributed by atoms with Crippen molar-refractivity contribution in [3.63, 3.8) is 0 Å². The number of aryl methyl sites for hydroxylation is 4. The van der Waals surface area contributed by atoms with Gasteiger partial charge in [-0.2, -0.15) is 0 Å². The number of rotatable bonds is 2. The molecule has 6 rings (SSSR count). The predicted octanol–water partition coefficient (Wildman–Crippen LogP) is 3.69. The number of hydrogen-bond acceptors (Lipinski definition) is 0. The molecular weight excluding hydrogens is 571 g/mol. The van der Waals surface area contributed by atoms with Crippen molar-refractivity contribution < 1.29 is 51.0 Å². The van der Waals surface area contributed by atoms with Crippen LogP contribution in [0.2, 0.25) is 0 Å². The number of fused-ring (bicyclic) bond motifs is 2. The quantitative estimate of drug-likeness (QED) is 0.266. The normalized spacial score (nSPS) is 10.1. The second-order valence-corrected chi connectivity index (χ2v) is 9.27. The summed E-state index contributed by atoms with van der Waals surface area (Å²) in [5, 5.41) is 5.51. The summed E-state index contributed by atoms with van der Waals surface area (Å²) in [5.74, 6) is 0. The summed E-state index contributed by atoms with van der Waals surface area (Å²) < 4.78 is 0. The van der Waals surface area contributed by atoms with Crippen molar-refractivity contribution in [1.82, 2.24) is 0 Å². The average Bonchev–Trinajstić information content (AvgIpc) is 3.53. The van der Waals surface area contributed by atoms with Gasteiger partial charge in [0, 0.05) is 0 Å². The van der Waals surface area contributed by atoms with Crippen LogP contribution in [0.5, 0.6) is 0 Å². The van der Waals surface area contributed by atoms with Gasteiger partial charge in [-0.1, -0.05) is 121 Å². The first-order valence-electron chi connectivity index (χ1n) is 12.0. The molecule has 0 saturated heterocycles. The molecule has 0 atom stereocenters. The van der Waals surface area contributed by atoms with Gasteiger partial charge in [0.15, 0.2) is 0 Å². The van der Waals surface area contributed by atoms with Crippen molar-refractivity contribution in [2.75, 3.05) is 0 Å². The summed E-state index contributed by atoms with van der Waals surface area (Å²) in [4.78, 5) is 0. The first-order chi connectivity index (χ1) is 16.5. The number of benzene rings is 4. The van der Waals surface area contributed by atoms with E-state index in [0.717, 1.165) is 0 Å². The van der Waals surface area contributed by atoms with Crippen molar-refractivity contribution in [3.8, 4) is 22.3 Å². The van der Waals surface area contributed by atoms with E-state index < -0.39 is 0 Å². The predicted molar refractivity (Wildman–Crippen MR) is 149 cm³/mol. The van der Waals surface area contributed by atoms with Crippen LogP contribution >= 0.6 is 0 Å². The summed E-state index contributed by atoms with van der Waals surface area (Å²) in [7, 11) is 0. The number of halogens is 2. The van der Waals surface area contributed by atoms with Crippen LogP contribution in [0.25, 0.3) is 43.8 Å².